The summed E-state index contributed by atoms with van der Waals surface area (Å²) in [6.07, 6.45) is 3.74. The van der Waals surface area contributed by atoms with Crippen molar-refractivity contribution in [2.75, 3.05) is 31.2 Å². The lowest BCUT2D eigenvalue weighted by Crippen LogP contribution is -2.36. The lowest BCUT2D eigenvalue weighted by molar-refractivity contribution is 0.122. The Morgan fingerprint density at radius 1 is 1.23 bits per heavy atom. The van der Waals surface area contributed by atoms with Crippen LogP contribution in [0.3, 0.4) is 0 Å². The quantitative estimate of drug-likeness (QED) is 0.918. The van der Waals surface area contributed by atoms with Crippen molar-refractivity contribution >= 4 is 5.69 Å². The topological polar surface area (TPSA) is 42.3 Å². The Hall–Kier alpha value is -1.85. The standard InChI is InChI=1S/C17H24N4O/c1-14(19-12-17-11-18-13-20(17)2)15-3-5-16(6-4-15)21-7-9-22-10-8-21/h3-6,11,13-14,19H,7-10,12H2,1-2H3/t14-/m1/s1. The van der Waals surface area contributed by atoms with Crippen molar-refractivity contribution in [1.29, 1.82) is 0 Å². The predicted octanol–water partition coefficient (Wildman–Crippen LogP) is 2.11. The molecule has 1 aromatic carbocycles. The number of anilines is 1. The van der Waals surface area contributed by atoms with Crippen LogP contribution in [0.4, 0.5) is 5.69 Å². The maximum Gasteiger partial charge on any atom is 0.0945 e. The Kier molecular flexibility index (Phi) is 4.75. The van der Waals surface area contributed by atoms with Gasteiger partial charge >= 0.3 is 0 Å². The van der Waals surface area contributed by atoms with Crippen LogP contribution in [0, 0.1) is 0 Å². The Morgan fingerprint density at radius 2 is 1.95 bits per heavy atom. The highest BCUT2D eigenvalue weighted by atomic mass is 16.5. The predicted molar refractivity (Wildman–Crippen MR) is 87.9 cm³/mol. The van der Waals surface area contributed by atoms with E-state index in [9.17, 15) is 0 Å². The second-order valence-electron chi connectivity index (χ2n) is 5.79. The molecule has 0 amide bonds. The van der Waals surface area contributed by atoms with E-state index in [2.05, 4.69) is 46.4 Å². The summed E-state index contributed by atoms with van der Waals surface area (Å²) in [4.78, 5) is 6.52. The number of nitrogens with zero attached hydrogens (tertiary/aromatic N) is 3. The normalized spacial score (nSPS) is 16.7. The van der Waals surface area contributed by atoms with Crippen molar-refractivity contribution in [2.24, 2.45) is 7.05 Å². The fourth-order valence-corrected chi connectivity index (χ4v) is 2.73. The van der Waals surface area contributed by atoms with Gasteiger partial charge in [0.15, 0.2) is 0 Å². The fraction of sp³-hybridized carbons (Fsp3) is 0.471. The first-order chi connectivity index (χ1) is 10.7. The van der Waals surface area contributed by atoms with Crippen molar-refractivity contribution in [2.45, 2.75) is 19.5 Å². The van der Waals surface area contributed by atoms with Gasteiger partial charge in [0.05, 0.1) is 25.2 Å². The fourth-order valence-electron chi connectivity index (χ4n) is 2.73. The van der Waals surface area contributed by atoms with Gasteiger partial charge in [-0.3, -0.25) is 0 Å². The molecule has 22 heavy (non-hydrogen) atoms. The van der Waals surface area contributed by atoms with E-state index in [0.29, 0.717) is 6.04 Å². The number of ether oxygens (including phenoxy) is 1. The SMILES string of the molecule is C[C@@H](NCc1cncn1C)c1ccc(N2CCOCC2)cc1. The molecule has 5 heteroatoms. The molecule has 1 saturated heterocycles. The Balaban J connectivity index is 1.58. The van der Waals surface area contributed by atoms with Crippen molar-refractivity contribution in [3.05, 3.63) is 48.0 Å². The summed E-state index contributed by atoms with van der Waals surface area (Å²) in [5.74, 6) is 0. The van der Waals surface area contributed by atoms with E-state index >= 15 is 0 Å². The van der Waals surface area contributed by atoms with E-state index in [-0.39, 0.29) is 0 Å². The molecule has 0 aliphatic carbocycles. The highest BCUT2D eigenvalue weighted by Crippen LogP contribution is 2.20. The van der Waals surface area contributed by atoms with Gasteiger partial charge in [-0.05, 0) is 24.6 Å². The van der Waals surface area contributed by atoms with Crippen LogP contribution >= 0.6 is 0 Å². The summed E-state index contributed by atoms with van der Waals surface area (Å²) in [5.41, 5.74) is 3.78. The summed E-state index contributed by atoms with van der Waals surface area (Å²) in [6, 6.07) is 9.16. The number of imidazole rings is 1. The third-order valence-electron chi connectivity index (χ3n) is 4.28. The first-order valence-corrected chi connectivity index (χ1v) is 7.85. The Labute approximate surface area is 131 Å². The summed E-state index contributed by atoms with van der Waals surface area (Å²) in [6.45, 7) is 6.62. The molecule has 1 aliphatic heterocycles. The van der Waals surface area contributed by atoms with Gasteiger partial charge in [0.25, 0.3) is 0 Å². The van der Waals surface area contributed by atoms with Gasteiger partial charge in [-0.1, -0.05) is 12.1 Å². The van der Waals surface area contributed by atoms with Crippen LogP contribution < -0.4 is 10.2 Å². The molecular formula is C17H24N4O. The molecule has 0 radical (unpaired) electrons. The second kappa shape index (κ2) is 6.94. The summed E-state index contributed by atoms with van der Waals surface area (Å²) < 4.78 is 7.44. The van der Waals surface area contributed by atoms with Gasteiger partial charge in [-0.25, -0.2) is 4.98 Å². The maximum absolute atomic E-state index is 5.40. The van der Waals surface area contributed by atoms with E-state index in [4.69, 9.17) is 4.74 Å². The number of rotatable bonds is 5. The summed E-state index contributed by atoms with van der Waals surface area (Å²) >= 11 is 0. The molecule has 2 heterocycles. The van der Waals surface area contributed by atoms with Crippen LogP contribution in [-0.2, 0) is 18.3 Å². The molecule has 0 saturated carbocycles. The van der Waals surface area contributed by atoms with Crippen LogP contribution in [0.2, 0.25) is 0 Å². The van der Waals surface area contributed by atoms with E-state index in [1.807, 2.05) is 24.1 Å². The van der Waals surface area contributed by atoms with E-state index in [1.54, 1.807) is 0 Å². The molecule has 2 aromatic rings. The molecule has 0 unspecified atom stereocenters. The zero-order chi connectivity index (χ0) is 15.4. The molecule has 0 bridgehead atoms. The first kappa shape index (κ1) is 15.1. The first-order valence-electron chi connectivity index (χ1n) is 7.85. The molecular weight excluding hydrogens is 276 g/mol. The van der Waals surface area contributed by atoms with Gasteiger partial charge in [0.2, 0.25) is 0 Å². The van der Waals surface area contributed by atoms with E-state index in [1.165, 1.54) is 16.9 Å². The van der Waals surface area contributed by atoms with Gasteiger partial charge in [-0.2, -0.15) is 0 Å². The van der Waals surface area contributed by atoms with Gasteiger partial charge < -0.3 is 19.5 Å². The van der Waals surface area contributed by atoms with Crippen molar-refractivity contribution in [1.82, 2.24) is 14.9 Å². The van der Waals surface area contributed by atoms with Crippen LogP contribution in [0.25, 0.3) is 0 Å². The lowest BCUT2D eigenvalue weighted by atomic mass is 10.1. The molecule has 1 aliphatic rings. The molecule has 1 atom stereocenters. The van der Waals surface area contributed by atoms with E-state index in [0.717, 1.165) is 32.8 Å². The Bertz CT molecular complexity index is 587. The number of aryl methyl sites for hydroxylation is 1. The zero-order valence-corrected chi connectivity index (χ0v) is 13.3. The van der Waals surface area contributed by atoms with Crippen molar-refractivity contribution < 1.29 is 4.74 Å². The number of aromatic nitrogens is 2. The van der Waals surface area contributed by atoms with Crippen LogP contribution in [0.5, 0.6) is 0 Å². The van der Waals surface area contributed by atoms with Crippen molar-refractivity contribution in [3.8, 4) is 0 Å². The molecule has 118 valence electrons. The minimum Gasteiger partial charge on any atom is -0.378 e. The van der Waals surface area contributed by atoms with Gasteiger partial charge in [0, 0.05) is 44.6 Å². The number of nitrogens with one attached hydrogen (secondary N) is 1. The highest BCUT2D eigenvalue weighted by molar-refractivity contribution is 5.48. The van der Waals surface area contributed by atoms with Crippen molar-refractivity contribution in [3.63, 3.8) is 0 Å². The number of benzene rings is 1. The number of morpholine rings is 1. The minimum absolute atomic E-state index is 0.314. The summed E-state index contributed by atoms with van der Waals surface area (Å²) in [7, 11) is 2.02. The Morgan fingerprint density at radius 3 is 2.59 bits per heavy atom. The number of hydrogen-bond acceptors (Lipinski definition) is 4. The van der Waals surface area contributed by atoms with Crippen LogP contribution in [0.15, 0.2) is 36.8 Å². The van der Waals surface area contributed by atoms with E-state index < -0.39 is 0 Å². The second-order valence-corrected chi connectivity index (χ2v) is 5.79. The minimum atomic E-state index is 0.314. The zero-order valence-electron chi connectivity index (χ0n) is 13.3. The molecule has 0 spiro atoms. The third-order valence-corrected chi connectivity index (χ3v) is 4.28. The van der Waals surface area contributed by atoms with Crippen LogP contribution in [0.1, 0.15) is 24.2 Å². The van der Waals surface area contributed by atoms with Gasteiger partial charge in [0.1, 0.15) is 0 Å². The van der Waals surface area contributed by atoms with Gasteiger partial charge in [-0.15, -0.1) is 0 Å². The molecule has 1 fully saturated rings. The van der Waals surface area contributed by atoms with Crippen LogP contribution in [-0.4, -0.2) is 35.9 Å². The molecule has 1 N–H and O–H groups in total. The smallest absolute Gasteiger partial charge is 0.0945 e. The average Bonchev–Trinajstić information content (AvgIpc) is 2.99. The average molecular weight is 300 g/mol. The number of hydrogen-bond donors (Lipinski definition) is 1. The maximum atomic E-state index is 5.40. The molecule has 1 aromatic heterocycles. The largest absolute Gasteiger partial charge is 0.378 e. The monoisotopic (exact) mass is 300 g/mol. The third kappa shape index (κ3) is 3.48. The summed E-state index contributed by atoms with van der Waals surface area (Å²) in [5, 5.41) is 3.55. The molecule has 5 nitrogen and oxygen atoms in total. The lowest BCUT2D eigenvalue weighted by Gasteiger charge is -2.29. The molecule has 3 rings (SSSR count). The highest BCUT2D eigenvalue weighted by Gasteiger charge is 2.12.